The second-order valence-electron chi connectivity index (χ2n) is 4.19. The molecule has 17 heavy (non-hydrogen) atoms. The van der Waals surface area contributed by atoms with Gasteiger partial charge in [-0.25, -0.2) is 4.98 Å². The smallest absolute Gasteiger partial charge is 0.0924 e. The molecule has 1 aromatic heterocycles. The van der Waals surface area contributed by atoms with Crippen molar-refractivity contribution in [1.82, 2.24) is 9.97 Å². The van der Waals surface area contributed by atoms with E-state index in [2.05, 4.69) is 34.7 Å². The van der Waals surface area contributed by atoms with Gasteiger partial charge >= 0.3 is 0 Å². The minimum absolute atomic E-state index is 1.00. The molecule has 2 heterocycles. The number of imidazole rings is 1. The first-order chi connectivity index (χ1) is 8.36. The van der Waals surface area contributed by atoms with Crippen molar-refractivity contribution in [2.45, 2.75) is 17.7 Å². The van der Waals surface area contributed by atoms with Gasteiger partial charge in [0.05, 0.1) is 18.2 Å². The van der Waals surface area contributed by atoms with E-state index >= 15 is 0 Å². The van der Waals surface area contributed by atoms with Gasteiger partial charge in [0.25, 0.3) is 0 Å². The quantitative estimate of drug-likeness (QED) is 0.873. The van der Waals surface area contributed by atoms with Crippen LogP contribution in [0.15, 0.2) is 42.2 Å². The van der Waals surface area contributed by atoms with Crippen molar-refractivity contribution in [2.24, 2.45) is 0 Å². The fourth-order valence-corrected chi connectivity index (χ4v) is 3.39. The number of hydrogen-bond acceptors (Lipinski definition) is 2. The Morgan fingerprint density at radius 1 is 1.41 bits per heavy atom. The van der Waals surface area contributed by atoms with E-state index in [1.807, 2.05) is 18.0 Å². The van der Waals surface area contributed by atoms with E-state index in [0.717, 1.165) is 11.3 Å². The van der Waals surface area contributed by atoms with Gasteiger partial charge in [-0.15, -0.1) is 11.8 Å². The molecule has 0 saturated carbocycles. The molecule has 3 heteroatoms. The summed E-state index contributed by atoms with van der Waals surface area (Å²) in [5.74, 6) is 1.21. The summed E-state index contributed by atoms with van der Waals surface area (Å²) in [6.45, 7) is 4.19. The zero-order valence-corrected chi connectivity index (χ0v) is 10.4. The highest BCUT2D eigenvalue weighted by molar-refractivity contribution is 7.99. The van der Waals surface area contributed by atoms with Crippen LogP contribution in [0.5, 0.6) is 0 Å². The summed E-state index contributed by atoms with van der Waals surface area (Å²) in [5.41, 5.74) is 4.74. The van der Waals surface area contributed by atoms with Gasteiger partial charge in [0.1, 0.15) is 0 Å². The Morgan fingerprint density at radius 3 is 3.18 bits per heavy atom. The van der Waals surface area contributed by atoms with Crippen molar-refractivity contribution in [3.05, 3.63) is 54.1 Å². The molecule has 0 amide bonds. The molecule has 0 fully saturated rings. The Kier molecular flexibility index (Phi) is 2.77. The van der Waals surface area contributed by atoms with Crippen LogP contribution in [0.2, 0.25) is 0 Å². The zero-order valence-electron chi connectivity index (χ0n) is 9.57. The number of fused-ring (bicyclic) bond motifs is 1. The van der Waals surface area contributed by atoms with Gasteiger partial charge in [-0.05, 0) is 29.7 Å². The largest absolute Gasteiger partial charge is 0.345 e. The van der Waals surface area contributed by atoms with E-state index in [0.29, 0.717) is 0 Å². The third-order valence-corrected chi connectivity index (χ3v) is 4.35. The highest BCUT2D eigenvalue weighted by Crippen LogP contribution is 2.37. The first-order valence-corrected chi connectivity index (χ1v) is 6.77. The van der Waals surface area contributed by atoms with Crippen LogP contribution in [0.3, 0.4) is 0 Å². The predicted molar refractivity (Wildman–Crippen MR) is 72.2 cm³/mol. The molecule has 2 nitrogen and oxygen atoms in total. The van der Waals surface area contributed by atoms with Gasteiger partial charge in [-0.3, -0.25) is 0 Å². The second-order valence-corrected chi connectivity index (χ2v) is 5.29. The van der Waals surface area contributed by atoms with Crippen molar-refractivity contribution in [3.63, 3.8) is 0 Å². The van der Waals surface area contributed by atoms with Crippen LogP contribution in [0.25, 0.3) is 5.57 Å². The number of nitrogens with one attached hydrogen (secondary N) is 1. The van der Waals surface area contributed by atoms with Crippen LogP contribution in [-0.2, 0) is 6.42 Å². The van der Waals surface area contributed by atoms with Gasteiger partial charge in [0, 0.05) is 10.5 Å². The molecule has 1 N–H and O–H groups in total. The first kappa shape index (κ1) is 10.7. The topological polar surface area (TPSA) is 28.7 Å². The number of H-pyrrole nitrogens is 1. The Hall–Kier alpha value is -1.48. The summed E-state index contributed by atoms with van der Waals surface area (Å²) < 4.78 is 0. The highest BCUT2D eigenvalue weighted by Gasteiger charge is 2.16. The molecular formula is C14H14N2S. The minimum atomic E-state index is 1.00. The molecule has 1 aromatic carbocycles. The van der Waals surface area contributed by atoms with E-state index < -0.39 is 0 Å². The number of aryl methyl sites for hydroxylation is 1. The average Bonchev–Trinajstić information content (AvgIpc) is 2.91. The summed E-state index contributed by atoms with van der Waals surface area (Å²) in [7, 11) is 0. The molecule has 0 atom stereocenters. The monoisotopic (exact) mass is 242 g/mol. The van der Waals surface area contributed by atoms with Crippen molar-refractivity contribution in [1.29, 1.82) is 0 Å². The lowest BCUT2D eigenvalue weighted by atomic mass is 10.00. The molecular weight excluding hydrogens is 228 g/mol. The normalized spacial score (nSPS) is 14.4. The summed E-state index contributed by atoms with van der Waals surface area (Å²) >= 11 is 1.95. The SMILES string of the molecule is C=C(c1cnc[nH]1)c1cccc2c1SCCC2. The number of rotatable bonds is 2. The van der Waals surface area contributed by atoms with Gasteiger partial charge in [0.15, 0.2) is 0 Å². The Bertz CT molecular complexity index is 543. The van der Waals surface area contributed by atoms with Crippen LogP contribution in [0.4, 0.5) is 0 Å². The lowest BCUT2D eigenvalue weighted by Gasteiger charge is -2.19. The van der Waals surface area contributed by atoms with Crippen LogP contribution >= 0.6 is 11.8 Å². The lowest BCUT2D eigenvalue weighted by Crippen LogP contribution is -2.01. The van der Waals surface area contributed by atoms with Crippen molar-refractivity contribution < 1.29 is 0 Å². The van der Waals surface area contributed by atoms with E-state index in [4.69, 9.17) is 0 Å². The van der Waals surface area contributed by atoms with Gasteiger partial charge in [-0.1, -0.05) is 24.8 Å². The molecule has 2 aromatic rings. The number of nitrogens with zero attached hydrogens (tertiary/aromatic N) is 1. The van der Waals surface area contributed by atoms with Crippen molar-refractivity contribution >= 4 is 17.3 Å². The third kappa shape index (κ3) is 1.91. The summed E-state index contributed by atoms with van der Waals surface area (Å²) in [5, 5.41) is 0. The molecule has 86 valence electrons. The first-order valence-electron chi connectivity index (χ1n) is 5.79. The summed E-state index contributed by atoms with van der Waals surface area (Å²) in [6.07, 6.45) is 5.99. The van der Waals surface area contributed by atoms with Gasteiger partial charge in [0.2, 0.25) is 0 Å². The predicted octanol–water partition coefficient (Wildman–Crippen LogP) is 3.51. The molecule has 0 radical (unpaired) electrons. The summed E-state index contributed by atoms with van der Waals surface area (Å²) in [6, 6.07) is 6.51. The minimum Gasteiger partial charge on any atom is -0.345 e. The highest BCUT2D eigenvalue weighted by atomic mass is 32.2. The maximum Gasteiger partial charge on any atom is 0.0924 e. The number of thioether (sulfide) groups is 1. The standard InChI is InChI=1S/C14H14N2S/c1-10(13-8-15-9-16-13)12-6-2-4-11-5-3-7-17-14(11)12/h2,4,6,8-9H,1,3,5,7H2,(H,15,16). The maximum absolute atomic E-state index is 4.19. The fraction of sp³-hybridized carbons (Fsp3) is 0.214. The maximum atomic E-state index is 4.19. The third-order valence-electron chi connectivity index (χ3n) is 3.08. The molecule has 0 unspecified atom stereocenters. The molecule has 1 aliphatic rings. The summed E-state index contributed by atoms with van der Waals surface area (Å²) in [4.78, 5) is 8.58. The van der Waals surface area contributed by atoms with Crippen molar-refractivity contribution in [2.75, 3.05) is 5.75 Å². The number of hydrogen-bond donors (Lipinski definition) is 1. The molecule has 1 aliphatic heterocycles. The van der Waals surface area contributed by atoms with E-state index in [9.17, 15) is 0 Å². The molecule has 0 aliphatic carbocycles. The Morgan fingerprint density at radius 2 is 2.35 bits per heavy atom. The fourth-order valence-electron chi connectivity index (χ4n) is 2.19. The van der Waals surface area contributed by atoms with E-state index in [1.54, 1.807) is 6.33 Å². The Balaban J connectivity index is 2.06. The molecule has 3 rings (SSSR count). The second kappa shape index (κ2) is 4.41. The lowest BCUT2D eigenvalue weighted by molar-refractivity contribution is 0.887. The molecule has 0 saturated heterocycles. The van der Waals surface area contributed by atoms with Gasteiger partial charge < -0.3 is 4.98 Å². The van der Waals surface area contributed by atoms with Crippen molar-refractivity contribution in [3.8, 4) is 0 Å². The van der Waals surface area contributed by atoms with Crippen LogP contribution in [0.1, 0.15) is 23.2 Å². The van der Waals surface area contributed by atoms with E-state index in [1.165, 1.54) is 34.6 Å². The molecule has 0 spiro atoms. The average molecular weight is 242 g/mol. The van der Waals surface area contributed by atoms with Crippen LogP contribution in [-0.4, -0.2) is 15.7 Å². The number of aromatic nitrogens is 2. The zero-order chi connectivity index (χ0) is 11.7. The number of benzene rings is 1. The molecule has 0 bridgehead atoms. The van der Waals surface area contributed by atoms with Crippen LogP contribution < -0.4 is 0 Å². The number of aromatic amines is 1. The van der Waals surface area contributed by atoms with Crippen LogP contribution in [0, 0.1) is 0 Å². The van der Waals surface area contributed by atoms with E-state index in [-0.39, 0.29) is 0 Å². The Labute approximate surface area is 105 Å². The van der Waals surface area contributed by atoms with Gasteiger partial charge in [-0.2, -0.15) is 0 Å².